The number of fused-ring (bicyclic) bond motifs is 1. The topological polar surface area (TPSA) is 141 Å². The Kier molecular flexibility index (Phi) is 9.87. The van der Waals surface area contributed by atoms with Gasteiger partial charge in [-0.15, -0.1) is 0 Å². The van der Waals surface area contributed by atoms with Crippen molar-refractivity contribution in [3.05, 3.63) is 79.9 Å². The fourth-order valence-corrected chi connectivity index (χ4v) is 6.82. The van der Waals surface area contributed by atoms with Gasteiger partial charge in [0.15, 0.2) is 0 Å². The Morgan fingerprint density at radius 2 is 1.79 bits per heavy atom. The first-order chi connectivity index (χ1) is 20.4. The van der Waals surface area contributed by atoms with Crippen LogP contribution in [-0.2, 0) is 9.59 Å². The van der Waals surface area contributed by atoms with Crippen LogP contribution in [0.25, 0.3) is 6.08 Å². The summed E-state index contributed by atoms with van der Waals surface area (Å²) in [6, 6.07) is 9.33. The molecule has 0 saturated carbocycles. The predicted molar refractivity (Wildman–Crippen MR) is 165 cm³/mol. The molecule has 4 rings (SSSR count). The average Bonchev–Trinajstić information content (AvgIpc) is 3.22. The molecule has 0 radical (unpaired) electrons. The van der Waals surface area contributed by atoms with Crippen molar-refractivity contribution in [2.45, 2.75) is 72.8 Å². The minimum absolute atomic E-state index is 0.0250. The number of hydrogen-bond donors (Lipinski definition) is 3. The zero-order valence-electron chi connectivity index (χ0n) is 25.5. The Balaban J connectivity index is 1.63. The molecule has 1 heterocycles. The van der Waals surface area contributed by atoms with Crippen molar-refractivity contribution in [2.24, 2.45) is 23.7 Å². The summed E-state index contributed by atoms with van der Waals surface area (Å²) in [5.74, 6) is -3.01. The maximum absolute atomic E-state index is 13.8. The van der Waals surface area contributed by atoms with Gasteiger partial charge in [0.2, 0.25) is 11.8 Å². The fraction of sp³-hybridized carbons (Fsp3) is 0.471. The van der Waals surface area contributed by atoms with Crippen LogP contribution >= 0.6 is 0 Å². The lowest BCUT2D eigenvalue weighted by atomic mass is 9.66. The van der Waals surface area contributed by atoms with Gasteiger partial charge < -0.3 is 15.3 Å². The van der Waals surface area contributed by atoms with E-state index in [4.69, 9.17) is 0 Å². The molecular formula is C34H42N2O7. The van der Waals surface area contributed by atoms with Crippen molar-refractivity contribution in [2.75, 3.05) is 11.5 Å². The highest BCUT2D eigenvalue weighted by molar-refractivity contribution is 6.22. The van der Waals surface area contributed by atoms with Crippen LogP contribution in [0.15, 0.2) is 53.1 Å². The van der Waals surface area contributed by atoms with Gasteiger partial charge in [-0.3, -0.25) is 19.7 Å². The number of hydrogen-bond acceptors (Lipinski definition) is 7. The Morgan fingerprint density at radius 1 is 1.12 bits per heavy atom. The van der Waals surface area contributed by atoms with Crippen molar-refractivity contribution < 1.29 is 29.8 Å². The molecule has 3 N–H and O–H groups in total. The van der Waals surface area contributed by atoms with Gasteiger partial charge in [0.25, 0.3) is 5.69 Å². The molecule has 1 aliphatic heterocycles. The van der Waals surface area contributed by atoms with Gasteiger partial charge in [0.05, 0.1) is 35.2 Å². The molecule has 2 amide bonds. The molecular weight excluding hydrogens is 548 g/mol. The van der Waals surface area contributed by atoms with Crippen LogP contribution in [0.2, 0.25) is 0 Å². The number of carbonyl (C=O) groups is 2. The van der Waals surface area contributed by atoms with E-state index >= 15 is 0 Å². The lowest BCUT2D eigenvalue weighted by molar-refractivity contribution is -0.384. The molecule has 2 aliphatic rings. The lowest BCUT2D eigenvalue weighted by Crippen LogP contribution is -2.39. The normalized spacial score (nSPS) is 21.5. The number of benzene rings is 2. The van der Waals surface area contributed by atoms with E-state index in [0.29, 0.717) is 18.4 Å². The standard InChI is InChI=1S/C34H42N2O7/c1-6-8-22(15-23-13-20(4)32(39)21(5)14-23)11-12-29(38)30-26(19(2)3)17-27-31(28(30)18-37)34(41)35(33(27)40)24-9-7-10-25(16-24)36(42)43/h7,9-10,13-16,19,27-29,31,37-39H,6,8,11-12,17-18H2,1-5H3/b22-15+/t27-,28+,29-,31-/m1/s1. The van der Waals surface area contributed by atoms with Crippen LogP contribution in [0.4, 0.5) is 11.4 Å². The number of phenolic OH excluding ortho intramolecular Hbond substituents is 1. The van der Waals surface area contributed by atoms with E-state index in [1.807, 2.05) is 39.8 Å². The third kappa shape index (κ3) is 6.43. The number of amides is 2. The minimum Gasteiger partial charge on any atom is -0.507 e. The number of nitro benzene ring substituents is 1. The van der Waals surface area contributed by atoms with Gasteiger partial charge in [-0.25, -0.2) is 4.90 Å². The van der Waals surface area contributed by atoms with E-state index in [9.17, 15) is 35.0 Å². The van der Waals surface area contributed by atoms with E-state index in [2.05, 4.69) is 13.0 Å². The van der Waals surface area contributed by atoms with E-state index in [1.165, 1.54) is 24.3 Å². The molecule has 9 heteroatoms. The van der Waals surface area contributed by atoms with Gasteiger partial charge in [-0.1, -0.05) is 50.5 Å². The summed E-state index contributed by atoms with van der Waals surface area (Å²) in [4.78, 5) is 39.2. The van der Waals surface area contributed by atoms with Crippen molar-refractivity contribution in [1.82, 2.24) is 0 Å². The Labute approximate surface area is 252 Å². The molecule has 0 spiro atoms. The molecule has 43 heavy (non-hydrogen) atoms. The van der Waals surface area contributed by atoms with Crippen molar-refractivity contribution in [3.8, 4) is 5.75 Å². The maximum Gasteiger partial charge on any atom is 0.271 e. The summed E-state index contributed by atoms with van der Waals surface area (Å²) in [6.07, 6.45) is 4.20. The Morgan fingerprint density at radius 3 is 2.37 bits per heavy atom. The molecule has 1 saturated heterocycles. The SMILES string of the molecule is CCC/C(=C\c1cc(C)c(O)c(C)c1)CC[C@@H](O)C1=C(C(C)C)C[C@H]2C(=O)N(c3cccc([N+](=O)[O-])c3)C(=O)[C@H]2[C@H]1CO. The van der Waals surface area contributed by atoms with Gasteiger partial charge in [0.1, 0.15) is 5.75 Å². The number of non-ortho nitro benzene ring substituents is 1. The average molecular weight is 591 g/mol. The Hall–Kier alpha value is -3.82. The summed E-state index contributed by atoms with van der Waals surface area (Å²) in [6.45, 7) is 9.38. The number of imide groups is 1. The quantitative estimate of drug-likeness (QED) is 0.126. The second kappa shape index (κ2) is 13.2. The largest absolute Gasteiger partial charge is 0.507 e. The van der Waals surface area contributed by atoms with Gasteiger partial charge >= 0.3 is 0 Å². The number of carbonyl (C=O) groups excluding carboxylic acids is 2. The number of nitro groups is 1. The third-order valence-electron chi connectivity index (χ3n) is 8.87. The summed E-state index contributed by atoms with van der Waals surface area (Å²) < 4.78 is 0. The van der Waals surface area contributed by atoms with Crippen molar-refractivity contribution in [1.29, 1.82) is 0 Å². The smallest absolute Gasteiger partial charge is 0.271 e. The maximum atomic E-state index is 13.8. The number of aliphatic hydroxyl groups excluding tert-OH is 2. The van der Waals surface area contributed by atoms with Gasteiger partial charge in [-0.2, -0.15) is 0 Å². The monoisotopic (exact) mass is 590 g/mol. The van der Waals surface area contributed by atoms with Crippen LogP contribution in [0.3, 0.4) is 0 Å². The van der Waals surface area contributed by atoms with E-state index < -0.39 is 47.2 Å². The zero-order chi connectivity index (χ0) is 31.6. The van der Waals surface area contributed by atoms with E-state index in [-0.39, 0.29) is 29.5 Å². The summed E-state index contributed by atoms with van der Waals surface area (Å²) in [7, 11) is 0. The number of rotatable bonds is 11. The molecule has 2 aromatic rings. The summed E-state index contributed by atoms with van der Waals surface area (Å²) in [5.41, 5.74) is 5.15. The summed E-state index contributed by atoms with van der Waals surface area (Å²) in [5, 5.41) is 43.8. The minimum atomic E-state index is -0.922. The Bertz CT molecular complexity index is 1450. The second-order valence-corrected chi connectivity index (χ2v) is 12.2. The van der Waals surface area contributed by atoms with Crippen LogP contribution in [0.1, 0.15) is 69.6 Å². The predicted octanol–water partition coefficient (Wildman–Crippen LogP) is 6.01. The number of nitrogens with zero attached hydrogens (tertiary/aromatic N) is 2. The van der Waals surface area contributed by atoms with Gasteiger partial charge in [0, 0.05) is 18.1 Å². The molecule has 9 nitrogen and oxygen atoms in total. The van der Waals surface area contributed by atoms with Crippen molar-refractivity contribution in [3.63, 3.8) is 0 Å². The number of anilines is 1. The van der Waals surface area contributed by atoms with Crippen LogP contribution in [-0.4, -0.2) is 44.8 Å². The summed E-state index contributed by atoms with van der Waals surface area (Å²) >= 11 is 0. The first-order valence-corrected chi connectivity index (χ1v) is 15.0. The fourth-order valence-electron chi connectivity index (χ4n) is 6.82. The van der Waals surface area contributed by atoms with E-state index in [0.717, 1.165) is 45.6 Å². The molecule has 0 aromatic heterocycles. The van der Waals surface area contributed by atoms with Crippen LogP contribution in [0.5, 0.6) is 5.75 Å². The number of aryl methyl sites for hydroxylation is 2. The van der Waals surface area contributed by atoms with Gasteiger partial charge in [-0.05, 0) is 85.9 Å². The lowest BCUT2D eigenvalue weighted by Gasteiger charge is -2.38. The highest BCUT2D eigenvalue weighted by atomic mass is 16.6. The number of aliphatic hydroxyl groups is 2. The second-order valence-electron chi connectivity index (χ2n) is 12.2. The zero-order valence-corrected chi connectivity index (χ0v) is 25.5. The number of aromatic hydroxyl groups is 1. The number of phenols is 1. The first kappa shape index (κ1) is 32.1. The molecule has 0 bridgehead atoms. The highest BCUT2D eigenvalue weighted by Crippen LogP contribution is 2.49. The first-order valence-electron chi connectivity index (χ1n) is 15.0. The molecule has 2 aromatic carbocycles. The highest BCUT2D eigenvalue weighted by Gasteiger charge is 2.55. The van der Waals surface area contributed by atoms with Crippen LogP contribution < -0.4 is 4.90 Å². The molecule has 230 valence electrons. The number of allylic oxidation sites excluding steroid dienone is 2. The van der Waals surface area contributed by atoms with E-state index in [1.54, 1.807) is 0 Å². The molecule has 0 unspecified atom stereocenters. The molecule has 1 fully saturated rings. The molecule has 4 atom stereocenters. The molecule has 1 aliphatic carbocycles. The third-order valence-corrected chi connectivity index (χ3v) is 8.87. The van der Waals surface area contributed by atoms with Crippen LogP contribution in [0, 0.1) is 47.6 Å². The van der Waals surface area contributed by atoms with Crippen molar-refractivity contribution >= 4 is 29.3 Å².